The fraction of sp³-hybridized carbons (Fsp3) is 0.600. The summed E-state index contributed by atoms with van der Waals surface area (Å²) in [5, 5.41) is 10.1. The maximum absolute atomic E-state index is 12.2. The summed E-state index contributed by atoms with van der Waals surface area (Å²) in [6.07, 6.45) is 12.9. The second-order valence-corrected chi connectivity index (χ2v) is 6.20. The molecule has 1 aliphatic rings. The second kappa shape index (κ2) is 11.0. The highest BCUT2D eigenvalue weighted by Gasteiger charge is 2.29. The Labute approximate surface area is 145 Å². The summed E-state index contributed by atoms with van der Waals surface area (Å²) in [5.74, 6) is -1.20. The molecular weight excluding hydrogens is 304 g/mol. The fourth-order valence-corrected chi connectivity index (χ4v) is 2.98. The lowest BCUT2D eigenvalue weighted by atomic mass is 9.82. The molecule has 4 heteroatoms. The molecule has 1 aliphatic carbocycles. The van der Waals surface area contributed by atoms with Crippen molar-refractivity contribution in [3.63, 3.8) is 0 Å². The lowest BCUT2D eigenvalue weighted by molar-refractivity contribution is -0.117. The number of hydrogen-bond acceptors (Lipinski definition) is 4. The number of aliphatic hydroxyl groups is 1. The number of ketones is 2. The van der Waals surface area contributed by atoms with Crippen LogP contribution >= 0.6 is 0 Å². The Morgan fingerprint density at radius 2 is 1.79 bits per heavy atom. The van der Waals surface area contributed by atoms with Gasteiger partial charge in [-0.3, -0.25) is 9.59 Å². The van der Waals surface area contributed by atoms with Crippen molar-refractivity contribution in [1.82, 2.24) is 0 Å². The monoisotopic (exact) mass is 334 g/mol. The van der Waals surface area contributed by atoms with Crippen molar-refractivity contribution in [3.8, 4) is 0 Å². The molecule has 0 amide bonds. The molecule has 0 aromatic heterocycles. The Kier molecular flexibility index (Phi) is 9.31. The quantitative estimate of drug-likeness (QED) is 0.344. The van der Waals surface area contributed by atoms with Crippen LogP contribution in [0.4, 0.5) is 0 Å². The lowest BCUT2D eigenvalue weighted by Gasteiger charge is -2.23. The molecule has 0 fully saturated rings. The fourth-order valence-electron chi connectivity index (χ4n) is 2.98. The van der Waals surface area contributed by atoms with Crippen molar-refractivity contribution in [3.05, 3.63) is 35.6 Å². The summed E-state index contributed by atoms with van der Waals surface area (Å²) < 4.78 is 5.46. The van der Waals surface area contributed by atoms with E-state index >= 15 is 0 Å². The molecule has 24 heavy (non-hydrogen) atoms. The van der Waals surface area contributed by atoms with E-state index in [-0.39, 0.29) is 29.1 Å². The van der Waals surface area contributed by atoms with Crippen LogP contribution in [0.25, 0.3) is 0 Å². The van der Waals surface area contributed by atoms with Crippen LogP contribution in [-0.2, 0) is 14.3 Å². The van der Waals surface area contributed by atoms with Gasteiger partial charge in [-0.25, -0.2) is 0 Å². The highest BCUT2D eigenvalue weighted by Crippen LogP contribution is 2.30. The third kappa shape index (κ3) is 6.08. The molecule has 0 bridgehead atoms. The third-order valence-electron chi connectivity index (χ3n) is 4.39. The van der Waals surface area contributed by atoms with E-state index in [1.54, 1.807) is 7.11 Å². The zero-order chi connectivity index (χ0) is 17.9. The molecule has 0 aromatic carbocycles. The van der Waals surface area contributed by atoms with Crippen LogP contribution in [0.5, 0.6) is 0 Å². The maximum Gasteiger partial charge on any atom is 0.220 e. The van der Waals surface area contributed by atoms with Crippen LogP contribution in [0.3, 0.4) is 0 Å². The van der Waals surface area contributed by atoms with Gasteiger partial charge in [0.05, 0.1) is 6.10 Å². The summed E-state index contributed by atoms with van der Waals surface area (Å²) in [5.41, 5.74) is 0.285. The van der Waals surface area contributed by atoms with Crippen LogP contribution in [0.2, 0.25) is 0 Å². The Bertz CT molecular complexity index is 514. The summed E-state index contributed by atoms with van der Waals surface area (Å²) >= 11 is 0. The molecule has 0 saturated heterocycles. The average Bonchev–Trinajstić information content (AvgIpc) is 2.58. The van der Waals surface area contributed by atoms with E-state index < -0.39 is 5.78 Å². The Balaban J connectivity index is 2.87. The van der Waals surface area contributed by atoms with E-state index in [1.165, 1.54) is 6.08 Å². The number of rotatable bonds is 11. The molecule has 1 rings (SSSR count). The summed E-state index contributed by atoms with van der Waals surface area (Å²) in [6, 6.07) is 0. The number of carbonyl (C=O) groups excluding carboxylic acids is 2. The number of aliphatic hydroxyl groups excluding tert-OH is 1. The van der Waals surface area contributed by atoms with Gasteiger partial charge in [0.15, 0.2) is 11.5 Å². The molecule has 0 aromatic rings. The highest BCUT2D eigenvalue weighted by molar-refractivity contribution is 6.19. The summed E-state index contributed by atoms with van der Waals surface area (Å²) in [7, 11) is 1.67. The van der Waals surface area contributed by atoms with Gasteiger partial charge in [-0.15, -0.1) is 0 Å². The number of hydrogen-bond donors (Lipinski definition) is 1. The van der Waals surface area contributed by atoms with Gasteiger partial charge in [-0.1, -0.05) is 45.3 Å². The van der Waals surface area contributed by atoms with Crippen molar-refractivity contribution in [2.75, 3.05) is 7.11 Å². The van der Waals surface area contributed by atoms with Crippen LogP contribution in [0.15, 0.2) is 35.6 Å². The molecule has 0 spiro atoms. The standard InChI is InChI=1S/C20H30O4/c1-4-6-8-9-15(11-12-16(24-3)10-7-5-2)19-17(21)13-14-18(22)20(19)23/h7,10,13-16,23H,4-6,8-9,11-12H2,1-3H3/b10-7+. The topological polar surface area (TPSA) is 63.6 Å². The minimum Gasteiger partial charge on any atom is -0.504 e. The number of unbranched alkanes of at least 4 members (excludes halogenated alkanes) is 2. The summed E-state index contributed by atoms with van der Waals surface area (Å²) in [6.45, 7) is 4.19. The Hall–Kier alpha value is -1.68. The Morgan fingerprint density at radius 3 is 2.42 bits per heavy atom. The normalized spacial score (nSPS) is 17.8. The molecule has 0 saturated carbocycles. The van der Waals surface area contributed by atoms with Crippen molar-refractivity contribution < 1.29 is 19.4 Å². The van der Waals surface area contributed by atoms with Gasteiger partial charge in [0.1, 0.15) is 0 Å². The number of ether oxygens (including phenoxy) is 1. The first-order chi connectivity index (χ1) is 11.5. The predicted octanol–water partition coefficient (Wildman–Crippen LogP) is 4.46. The molecule has 2 atom stereocenters. The molecule has 0 aliphatic heterocycles. The van der Waals surface area contributed by atoms with Crippen molar-refractivity contribution in [2.45, 2.75) is 64.9 Å². The van der Waals surface area contributed by atoms with E-state index in [1.807, 2.05) is 6.08 Å². The molecule has 0 heterocycles. The van der Waals surface area contributed by atoms with Gasteiger partial charge in [0.25, 0.3) is 0 Å². The molecule has 4 nitrogen and oxygen atoms in total. The van der Waals surface area contributed by atoms with E-state index in [0.29, 0.717) is 6.42 Å². The van der Waals surface area contributed by atoms with E-state index in [4.69, 9.17) is 4.74 Å². The van der Waals surface area contributed by atoms with Gasteiger partial charge in [-0.05, 0) is 43.8 Å². The zero-order valence-electron chi connectivity index (χ0n) is 15.1. The van der Waals surface area contributed by atoms with E-state index in [2.05, 4.69) is 19.9 Å². The number of carbonyl (C=O) groups is 2. The number of methoxy groups -OCH3 is 1. The van der Waals surface area contributed by atoms with Gasteiger partial charge in [-0.2, -0.15) is 0 Å². The first kappa shape index (κ1) is 20.4. The molecule has 0 radical (unpaired) electrons. The van der Waals surface area contributed by atoms with Gasteiger partial charge < -0.3 is 9.84 Å². The van der Waals surface area contributed by atoms with Crippen LogP contribution in [0, 0.1) is 5.92 Å². The van der Waals surface area contributed by atoms with Gasteiger partial charge >= 0.3 is 0 Å². The first-order valence-electron chi connectivity index (χ1n) is 8.94. The maximum atomic E-state index is 12.2. The lowest BCUT2D eigenvalue weighted by Crippen LogP contribution is -2.22. The van der Waals surface area contributed by atoms with Crippen molar-refractivity contribution in [1.29, 1.82) is 0 Å². The van der Waals surface area contributed by atoms with E-state index in [9.17, 15) is 14.7 Å². The predicted molar refractivity (Wildman–Crippen MR) is 95.9 cm³/mol. The zero-order valence-corrected chi connectivity index (χ0v) is 15.1. The highest BCUT2D eigenvalue weighted by atomic mass is 16.5. The largest absolute Gasteiger partial charge is 0.504 e. The van der Waals surface area contributed by atoms with E-state index in [0.717, 1.165) is 44.6 Å². The third-order valence-corrected chi connectivity index (χ3v) is 4.39. The minimum absolute atomic E-state index is 0.00805. The SMILES string of the molecule is CC/C=C/C(CCC(CCCCC)C1=C(O)C(=O)C=CC1=O)OC. The van der Waals surface area contributed by atoms with Crippen LogP contribution in [0.1, 0.15) is 58.8 Å². The first-order valence-corrected chi connectivity index (χ1v) is 8.94. The molecule has 2 unspecified atom stereocenters. The minimum atomic E-state index is -0.473. The number of allylic oxidation sites excluding steroid dienone is 4. The van der Waals surface area contributed by atoms with Gasteiger partial charge in [0, 0.05) is 12.7 Å². The average molecular weight is 334 g/mol. The van der Waals surface area contributed by atoms with Crippen LogP contribution in [-0.4, -0.2) is 29.9 Å². The molecule has 134 valence electrons. The van der Waals surface area contributed by atoms with Gasteiger partial charge in [0.2, 0.25) is 5.78 Å². The van der Waals surface area contributed by atoms with Crippen molar-refractivity contribution in [2.24, 2.45) is 5.92 Å². The Morgan fingerprint density at radius 1 is 1.08 bits per heavy atom. The summed E-state index contributed by atoms with van der Waals surface area (Å²) in [4.78, 5) is 23.9. The second-order valence-electron chi connectivity index (χ2n) is 6.20. The molecular formula is C20H30O4. The molecule has 1 N–H and O–H groups in total. The van der Waals surface area contributed by atoms with Crippen LogP contribution < -0.4 is 0 Å². The van der Waals surface area contributed by atoms with Crippen molar-refractivity contribution >= 4 is 11.6 Å². The smallest absolute Gasteiger partial charge is 0.220 e.